The molecule has 0 bridgehead atoms. The number of carbonyl (C=O) groups is 1. The lowest BCUT2D eigenvalue weighted by atomic mass is 10.2. The molecule has 1 aromatic carbocycles. The molecule has 1 heterocycles. The van der Waals surface area contributed by atoms with Gasteiger partial charge in [0.05, 0.1) is 11.1 Å². The first kappa shape index (κ1) is 15.4. The van der Waals surface area contributed by atoms with Crippen molar-refractivity contribution >= 4 is 15.8 Å². The quantitative estimate of drug-likeness (QED) is 0.852. The number of nitrogens with one attached hydrogen (secondary N) is 1. The molecule has 21 heavy (non-hydrogen) atoms. The van der Waals surface area contributed by atoms with Crippen molar-refractivity contribution in [2.45, 2.75) is 24.8 Å². The van der Waals surface area contributed by atoms with Crippen LogP contribution in [0.1, 0.15) is 35.8 Å². The van der Waals surface area contributed by atoms with Crippen LogP contribution in [0.5, 0.6) is 0 Å². The Labute approximate surface area is 123 Å². The minimum Gasteiger partial charge on any atom is -0.295 e. The van der Waals surface area contributed by atoms with Crippen LogP contribution in [0.4, 0.5) is 0 Å². The zero-order valence-corrected chi connectivity index (χ0v) is 12.9. The molecule has 0 saturated carbocycles. The van der Waals surface area contributed by atoms with Crippen molar-refractivity contribution in [3.05, 3.63) is 47.8 Å². The molecule has 2 rings (SSSR count). The molecule has 0 fully saturated rings. The van der Waals surface area contributed by atoms with E-state index >= 15 is 0 Å². The first-order chi connectivity index (χ1) is 9.79. The van der Waals surface area contributed by atoms with E-state index in [1.54, 1.807) is 43.2 Å². The number of aryl methyl sites for hydroxylation is 1. The normalized spacial score (nSPS) is 13.1. The van der Waals surface area contributed by atoms with Crippen LogP contribution in [-0.4, -0.2) is 24.0 Å². The summed E-state index contributed by atoms with van der Waals surface area (Å²) >= 11 is 0. The maximum atomic E-state index is 12.3. The van der Waals surface area contributed by atoms with Crippen LogP contribution in [0.25, 0.3) is 0 Å². The number of rotatable bonds is 5. The van der Waals surface area contributed by atoms with Crippen molar-refractivity contribution < 1.29 is 13.2 Å². The molecule has 0 amide bonds. The first-order valence-electron chi connectivity index (χ1n) is 6.41. The molecular formula is C14H17N3O3S. The minimum absolute atomic E-state index is 0.0749. The molecule has 0 aliphatic heterocycles. The molecule has 7 heteroatoms. The zero-order chi connectivity index (χ0) is 15.6. The molecule has 2 aromatic rings. The highest BCUT2D eigenvalue weighted by Gasteiger charge is 2.19. The maximum Gasteiger partial charge on any atom is 0.241 e. The molecule has 0 aliphatic rings. The number of hydrogen-bond donors (Lipinski definition) is 1. The van der Waals surface area contributed by atoms with Crippen LogP contribution < -0.4 is 4.72 Å². The smallest absolute Gasteiger partial charge is 0.241 e. The van der Waals surface area contributed by atoms with Crippen LogP contribution >= 0.6 is 0 Å². The fourth-order valence-corrected chi connectivity index (χ4v) is 3.19. The van der Waals surface area contributed by atoms with Gasteiger partial charge in [-0.15, -0.1) is 0 Å². The highest BCUT2D eigenvalue weighted by atomic mass is 32.2. The first-order valence-corrected chi connectivity index (χ1v) is 7.90. The summed E-state index contributed by atoms with van der Waals surface area (Å²) < 4.78 is 28.9. The lowest BCUT2D eigenvalue weighted by molar-refractivity contribution is 0.101. The van der Waals surface area contributed by atoms with Crippen LogP contribution in [0.15, 0.2) is 41.6 Å². The van der Waals surface area contributed by atoms with Crippen LogP contribution in [0.3, 0.4) is 0 Å². The van der Waals surface area contributed by atoms with Crippen molar-refractivity contribution in [1.29, 1.82) is 0 Å². The second-order valence-corrected chi connectivity index (χ2v) is 6.59. The Bertz CT molecular complexity index is 765. The maximum absolute atomic E-state index is 12.3. The van der Waals surface area contributed by atoms with Gasteiger partial charge in [-0.25, -0.2) is 13.1 Å². The van der Waals surface area contributed by atoms with Crippen molar-refractivity contribution in [2.24, 2.45) is 7.05 Å². The number of benzene rings is 1. The van der Waals surface area contributed by atoms with E-state index in [2.05, 4.69) is 9.82 Å². The van der Waals surface area contributed by atoms with Crippen LogP contribution in [0.2, 0.25) is 0 Å². The topological polar surface area (TPSA) is 81.1 Å². The van der Waals surface area contributed by atoms with Gasteiger partial charge >= 0.3 is 0 Å². The second-order valence-electron chi connectivity index (χ2n) is 4.87. The molecular weight excluding hydrogens is 290 g/mol. The van der Waals surface area contributed by atoms with Gasteiger partial charge in [-0.1, -0.05) is 12.1 Å². The Balaban J connectivity index is 2.26. The molecule has 0 unspecified atom stereocenters. The van der Waals surface area contributed by atoms with E-state index in [1.165, 1.54) is 19.1 Å². The summed E-state index contributed by atoms with van der Waals surface area (Å²) in [5.41, 5.74) is 1.13. The lowest BCUT2D eigenvalue weighted by Gasteiger charge is -2.13. The average molecular weight is 307 g/mol. The third-order valence-corrected chi connectivity index (χ3v) is 4.65. The molecule has 1 N–H and O–H groups in total. The third kappa shape index (κ3) is 3.56. The van der Waals surface area contributed by atoms with Gasteiger partial charge < -0.3 is 0 Å². The van der Waals surface area contributed by atoms with Crippen molar-refractivity contribution in [3.63, 3.8) is 0 Å². The largest absolute Gasteiger partial charge is 0.295 e. The predicted molar refractivity (Wildman–Crippen MR) is 78.4 cm³/mol. The Morgan fingerprint density at radius 1 is 1.38 bits per heavy atom. The molecule has 6 nitrogen and oxygen atoms in total. The number of hydrogen-bond acceptors (Lipinski definition) is 4. The van der Waals surface area contributed by atoms with Gasteiger partial charge in [0, 0.05) is 30.4 Å². The number of carbonyl (C=O) groups excluding carboxylic acids is 1. The number of sulfonamides is 1. The summed E-state index contributed by atoms with van der Waals surface area (Å²) in [6.07, 6.45) is 3.36. The predicted octanol–water partition coefficient (Wildman–Crippen LogP) is 1.66. The van der Waals surface area contributed by atoms with E-state index in [0.29, 0.717) is 5.56 Å². The molecule has 1 atom stereocenters. The summed E-state index contributed by atoms with van der Waals surface area (Å²) in [6, 6.07) is 5.57. The summed E-state index contributed by atoms with van der Waals surface area (Å²) in [5.74, 6) is -0.174. The van der Waals surface area contributed by atoms with E-state index in [9.17, 15) is 13.2 Å². The molecule has 0 radical (unpaired) electrons. The number of ketones is 1. The number of Topliss-reactive ketones (excluding diaryl/α,β-unsaturated/α-hetero) is 1. The van der Waals surface area contributed by atoms with Crippen molar-refractivity contribution in [3.8, 4) is 0 Å². The molecule has 0 aliphatic carbocycles. The Morgan fingerprint density at radius 3 is 2.67 bits per heavy atom. The van der Waals surface area contributed by atoms with Crippen molar-refractivity contribution in [2.75, 3.05) is 0 Å². The Morgan fingerprint density at radius 2 is 2.10 bits per heavy atom. The van der Waals surface area contributed by atoms with Crippen molar-refractivity contribution in [1.82, 2.24) is 14.5 Å². The summed E-state index contributed by atoms with van der Waals surface area (Å²) in [6.45, 7) is 3.14. The van der Waals surface area contributed by atoms with Crippen LogP contribution in [-0.2, 0) is 17.1 Å². The van der Waals surface area contributed by atoms with E-state index in [0.717, 1.165) is 5.56 Å². The summed E-state index contributed by atoms with van der Waals surface area (Å²) in [7, 11) is -1.93. The standard InChI is InChI=1S/C14H17N3O3S/c1-10(13-8-15-17(3)9-13)16-21(19,20)14-6-4-5-12(7-14)11(2)18/h4-10,16H,1-3H3/t10-/m0/s1. The Kier molecular flexibility index (Phi) is 4.24. The molecule has 0 spiro atoms. The van der Waals surface area contributed by atoms with Gasteiger partial charge in [0.25, 0.3) is 0 Å². The molecule has 1 aromatic heterocycles. The van der Waals surface area contributed by atoms with Gasteiger partial charge in [-0.05, 0) is 26.0 Å². The van der Waals surface area contributed by atoms with Gasteiger partial charge in [0.1, 0.15) is 0 Å². The van der Waals surface area contributed by atoms with E-state index in [-0.39, 0.29) is 10.7 Å². The van der Waals surface area contributed by atoms with E-state index in [1.807, 2.05) is 0 Å². The third-order valence-electron chi connectivity index (χ3n) is 3.11. The second kappa shape index (κ2) is 5.79. The van der Waals surface area contributed by atoms with Gasteiger partial charge in [-0.3, -0.25) is 9.48 Å². The lowest BCUT2D eigenvalue weighted by Crippen LogP contribution is -2.26. The van der Waals surface area contributed by atoms with Gasteiger partial charge in [-0.2, -0.15) is 5.10 Å². The summed E-state index contributed by atoms with van der Waals surface area (Å²) in [5, 5.41) is 4.01. The highest BCUT2D eigenvalue weighted by molar-refractivity contribution is 7.89. The Hall–Kier alpha value is -1.99. The van der Waals surface area contributed by atoms with Gasteiger partial charge in [0.15, 0.2) is 5.78 Å². The summed E-state index contributed by atoms with van der Waals surface area (Å²) in [4.78, 5) is 11.4. The van der Waals surface area contributed by atoms with Crippen LogP contribution in [0, 0.1) is 0 Å². The molecule has 112 valence electrons. The fraction of sp³-hybridized carbons (Fsp3) is 0.286. The van der Waals surface area contributed by atoms with Gasteiger partial charge in [0.2, 0.25) is 10.0 Å². The number of aromatic nitrogens is 2. The SMILES string of the molecule is CC(=O)c1cccc(S(=O)(=O)N[C@@H](C)c2cnn(C)c2)c1. The minimum atomic E-state index is -3.69. The monoisotopic (exact) mass is 307 g/mol. The average Bonchev–Trinajstić information content (AvgIpc) is 2.85. The fourth-order valence-electron chi connectivity index (χ4n) is 1.91. The van der Waals surface area contributed by atoms with E-state index in [4.69, 9.17) is 0 Å². The number of nitrogens with zero attached hydrogens (tertiary/aromatic N) is 2. The van der Waals surface area contributed by atoms with E-state index < -0.39 is 16.1 Å². The zero-order valence-electron chi connectivity index (χ0n) is 12.1. The molecule has 0 saturated heterocycles. The highest BCUT2D eigenvalue weighted by Crippen LogP contribution is 2.17.